The molecule has 0 bridgehead atoms. The van der Waals surface area contributed by atoms with E-state index in [1.165, 1.54) is 25.5 Å². The molecule has 0 saturated heterocycles. The number of hydrogen-bond donors (Lipinski definition) is 1. The summed E-state index contributed by atoms with van der Waals surface area (Å²) in [5, 5.41) is 8.88. The molecule has 0 spiro atoms. The van der Waals surface area contributed by atoms with Crippen LogP contribution in [0.25, 0.3) is 0 Å². The van der Waals surface area contributed by atoms with Gasteiger partial charge in [-0.05, 0) is 12.8 Å². The van der Waals surface area contributed by atoms with Crippen LogP contribution in [0.15, 0.2) is 12.4 Å². The molecule has 1 saturated carbocycles. The third-order valence-corrected chi connectivity index (χ3v) is 3.32. The second kappa shape index (κ2) is 5.12. The zero-order valence-corrected chi connectivity index (χ0v) is 9.96. The van der Waals surface area contributed by atoms with Gasteiger partial charge < -0.3 is 10.0 Å². The first kappa shape index (κ1) is 11.8. The summed E-state index contributed by atoms with van der Waals surface area (Å²) in [5.74, 6) is -0.381. The fourth-order valence-corrected chi connectivity index (χ4v) is 2.28. The molecule has 1 fully saturated rings. The number of nitrogens with zero attached hydrogens (tertiary/aromatic N) is 3. The van der Waals surface area contributed by atoms with Crippen LogP contribution in [0.1, 0.15) is 42.6 Å². The molecule has 0 unspecified atom stereocenters. The third-order valence-electron chi connectivity index (χ3n) is 3.32. The first-order chi connectivity index (χ1) is 8.18. The average molecular weight is 235 g/mol. The predicted octanol–water partition coefficient (Wildman–Crippen LogP) is 1.94. The molecule has 0 aromatic carbocycles. The van der Waals surface area contributed by atoms with Crippen molar-refractivity contribution in [2.75, 3.05) is 11.9 Å². The quantitative estimate of drug-likeness (QED) is 0.867. The summed E-state index contributed by atoms with van der Waals surface area (Å²) < 4.78 is 0. The predicted molar refractivity (Wildman–Crippen MR) is 64.3 cm³/mol. The van der Waals surface area contributed by atoms with E-state index in [2.05, 4.69) is 14.9 Å². The fourth-order valence-electron chi connectivity index (χ4n) is 2.28. The minimum absolute atomic E-state index is 0.00478. The van der Waals surface area contributed by atoms with Gasteiger partial charge in [-0.15, -0.1) is 0 Å². The monoisotopic (exact) mass is 235 g/mol. The summed E-state index contributed by atoms with van der Waals surface area (Å²) >= 11 is 0. The molecule has 5 nitrogen and oxygen atoms in total. The van der Waals surface area contributed by atoms with Gasteiger partial charge in [-0.3, -0.25) is 4.98 Å². The van der Waals surface area contributed by atoms with E-state index in [4.69, 9.17) is 5.11 Å². The minimum Gasteiger partial charge on any atom is -0.476 e. The van der Waals surface area contributed by atoms with E-state index in [-0.39, 0.29) is 5.69 Å². The molecule has 1 N–H and O–H groups in total. The molecule has 1 aliphatic rings. The Hall–Kier alpha value is -1.65. The highest BCUT2D eigenvalue weighted by Gasteiger charge is 2.20. The molecule has 0 aliphatic heterocycles. The molecule has 1 aromatic heterocycles. The van der Waals surface area contributed by atoms with Crippen LogP contribution < -0.4 is 4.90 Å². The summed E-state index contributed by atoms with van der Waals surface area (Å²) in [4.78, 5) is 20.9. The first-order valence-electron chi connectivity index (χ1n) is 5.96. The summed E-state index contributed by atoms with van der Waals surface area (Å²) in [6.45, 7) is 0. The molecule has 1 heterocycles. The van der Waals surface area contributed by atoms with Gasteiger partial charge in [0.2, 0.25) is 0 Å². The van der Waals surface area contributed by atoms with Crippen LogP contribution in [-0.4, -0.2) is 34.1 Å². The Labute approximate surface area is 100 Å². The highest BCUT2D eigenvalue weighted by atomic mass is 16.4. The van der Waals surface area contributed by atoms with Crippen molar-refractivity contribution in [3.05, 3.63) is 18.1 Å². The van der Waals surface area contributed by atoms with Crippen LogP contribution in [0.2, 0.25) is 0 Å². The number of aromatic nitrogens is 2. The second-order valence-electron chi connectivity index (χ2n) is 4.47. The molecule has 17 heavy (non-hydrogen) atoms. The maximum Gasteiger partial charge on any atom is 0.356 e. The van der Waals surface area contributed by atoms with Gasteiger partial charge in [0.15, 0.2) is 5.69 Å². The van der Waals surface area contributed by atoms with Gasteiger partial charge in [-0.2, -0.15) is 0 Å². The van der Waals surface area contributed by atoms with Crippen LogP contribution in [0.3, 0.4) is 0 Å². The zero-order valence-electron chi connectivity index (χ0n) is 9.96. The number of hydrogen-bond acceptors (Lipinski definition) is 4. The van der Waals surface area contributed by atoms with Crippen molar-refractivity contribution in [3.63, 3.8) is 0 Å². The standard InChI is InChI=1S/C12H17N3O2/c1-15(9-5-3-2-4-6-9)11-8-13-7-10(14-11)12(16)17/h7-9H,2-6H2,1H3,(H,16,17). The number of anilines is 1. The third kappa shape index (κ3) is 2.72. The van der Waals surface area contributed by atoms with Crippen LogP contribution in [-0.2, 0) is 0 Å². The SMILES string of the molecule is CN(c1cncc(C(=O)O)n1)C1CCCCC1. The van der Waals surface area contributed by atoms with Crippen molar-refractivity contribution in [1.29, 1.82) is 0 Å². The van der Waals surface area contributed by atoms with Gasteiger partial charge in [0, 0.05) is 13.1 Å². The molecule has 5 heteroatoms. The molecule has 0 radical (unpaired) electrons. The summed E-state index contributed by atoms with van der Waals surface area (Å²) in [7, 11) is 1.96. The van der Waals surface area contributed by atoms with Crippen molar-refractivity contribution in [3.8, 4) is 0 Å². The maximum absolute atomic E-state index is 10.8. The number of carboxylic acid groups (broad SMARTS) is 1. The lowest BCUT2D eigenvalue weighted by Crippen LogP contribution is -2.34. The molecule has 2 rings (SSSR count). The molecule has 92 valence electrons. The number of rotatable bonds is 3. The van der Waals surface area contributed by atoms with Crippen molar-refractivity contribution >= 4 is 11.8 Å². The highest BCUT2D eigenvalue weighted by Crippen LogP contribution is 2.24. The van der Waals surface area contributed by atoms with Gasteiger partial charge >= 0.3 is 5.97 Å². The first-order valence-corrected chi connectivity index (χ1v) is 5.96. The van der Waals surface area contributed by atoms with E-state index in [1.54, 1.807) is 6.20 Å². The van der Waals surface area contributed by atoms with Gasteiger partial charge in [0.25, 0.3) is 0 Å². The Balaban J connectivity index is 2.14. The molecule has 1 aliphatic carbocycles. The number of aromatic carboxylic acids is 1. The normalized spacial score (nSPS) is 16.8. The molecule has 1 aromatic rings. The largest absolute Gasteiger partial charge is 0.476 e. The fraction of sp³-hybridized carbons (Fsp3) is 0.583. The molecular formula is C12H17N3O2. The van der Waals surface area contributed by atoms with E-state index < -0.39 is 5.97 Å². The van der Waals surface area contributed by atoms with Gasteiger partial charge in [-0.25, -0.2) is 9.78 Å². The van der Waals surface area contributed by atoms with Gasteiger partial charge in [0.1, 0.15) is 5.82 Å². The number of carbonyl (C=O) groups is 1. The van der Waals surface area contributed by atoms with Crippen molar-refractivity contribution in [2.45, 2.75) is 38.1 Å². The summed E-state index contributed by atoms with van der Waals surface area (Å²) in [6.07, 6.45) is 8.97. The minimum atomic E-state index is -1.03. The Kier molecular flexibility index (Phi) is 3.56. The van der Waals surface area contributed by atoms with E-state index in [1.807, 2.05) is 7.05 Å². The van der Waals surface area contributed by atoms with Gasteiger partial charge in [0.05, 0.1) is 12.4 Å². The second-order valence-corrected chi connectivity index (χ2v) is 4.47. The van der Waals surface area contributed by atoms with Crippen LogP contribution in [0, 0.1) is 0 Å². The molecular weight excluding hydrogens is 218 g/mol. The smallest absolute Gasteiger partial charge is 0.356 e. The van der Waals surface area contributed by atoms with Crippen LogP contribution in [0.4, 0.5) is 5.82 Å². The highest BCUT2D eigenvalue weighted by molar-refractivity contribution is 5.85. The Bertz CT molecular complexity index is 402. The van der Waals surface area contributed by atoms with Crippen LogP contribution >= 0.6 is 0 Å². The number of carboxylic acids is 1. The van der Waals surface area contributed by atoms with E-state index >= 15 is 0 Å². The van der Waals surface area contributed by atoms with Gasteiger partial charge in [-0.1, -0.05) is 19.3 Å². The Morgan fingerprint density at radius 1 is 1.35 bits per heavy atom. The summed E-state index contributed by atoms with van der Waals surface area (Å²) in [5.41, 5.74) is 0.00478. The lowest BCUT2D eigenvalue weighted by atomic mass is 9.94. The molecule has 0 amide bonds. The van der Waals surface area contributed by atoms with Crippen molar-refractivity contribution in [2.24, 2.45) is 0 Å². The molecule has 0 atom stereocenters. The topological polar surface area (TPSA) is 66.3 Å². The van der Waals surface area contributed by atoms with E-state index in [0.717, 1.165) is 12.8 Å². The lowest BCUT2D eigenvalue weighted by molar-refractivity contribution is 0.0690. The van der Waals surface area contributed by atoms with E-state index in [0.29, 0.717) is 11.9 Å². The average Bonchev–Trinajstić information content (AvgIpc) is 2.39. The Morgan fingerprint density at radius 2 is 2.06 bits per heavy atom. The Morgan fingerprint density at radius 3 is 2.71 bits per heavy atom. The van der Waals surface area contributed by atoms with E-state index in [9.17, 15) is 4.79 Å². The van der Waals surface area contributed by atoms with Crippen molar-refractivity contribution < 1.29 is 9.90 Å². The van der Waals surface area contributed by atoms with Crippen molar-refractivity contribution in [1.82, 2.24) is 9.97 Å². The maximum atomic E-state index is 10.8. The lowest BCUT2D eigenvalue weighted by Gasteiger charge is -2.31. The van der Waals surface area contributed by atoms with Crippen LogP contribution in [0.5, 0.6) is 0 Å². The summed E-state index contributed by atoms with van der Waals surface area (Å²) in [6, 6.07) is 0.460. The zero-order chi connectivity index (χ0) is 12.3.